The minimum Gasteiger partial charge on any atom is -0.454 e. The van der Waals surface area contributed by atoms with Gasteiger partial charge in [0.2, 0.25) is 22.8 Å². The summed E-state index contributed by atoms with van der Waals surface area (Å²) in [4.78, 5) is 13.3. The first-order valence-corrected chi connectivity index (χ1v) is 10.9. The smallest absolute Gasteiger partial charge is 0.244 e. The molecule has 1 aromatic carbocycles. The van der Waals surface area contributed by atoms with E-state index in [0.29, 0.717) is 22.9 Å². The van der Waals surface area contributed by atoms with Crippen LogP contribution in [0.1, 0.15) is 5.69 Å². The van der Waals surface area contributed by atoms with Gasteiger partial charge in [0, 0.05) is 18.5 Å². The fourth-order valence-corrected chi connectivity index (χ4v) is 4.35. The highest BCUT2D eigenvalue weighted by atomic mass is 32.2. The van der Waals surface area contributed by atoms with Crippen molar-refractivity contribution in [2.45, 2.75) is 6.92 Å². The van der Waals surface area contributed by atoms with E-state index in [1.807, 2.05) is 35.7 Å². The third-order valence-electron chi connectivity index (χ3n) is 4.69. The van der Waals surface area contributed by atoms with Gasteiger partial charge in [0.1, 0.15) is 5.65 Å². The predicted octanol–water partition coefficient (Wildman–Crippen LogP) is 2.93. The quantitative estimate of drug-likeness (QED) is 0.498. The number of benzene rings is 1. The Morgan fingerprint density at radius 1 is 1.07 bits per heavy atom. The Balaban J connectivity index is 1.66. The Morgan fingerprint density at radius 3 is 2.73 bits per heavy atom. The molecule has 5 rings (SSSR count). The molecule has 0 unspecified atom stereocenters. The van der Waals surface area contributed by atoms with Crippen molar-refractivity contribution < 1.29 is 17.9 Å². The van der Waals surface area contributed by atoms with Gasteiger partial charge in [0.15, 0.2) is 11.5 Å². The third-order valence-corrected chi connectivity index (χ3v) is 5.73. The summed E-state index contributed by atoms with van der Waals surface area (Å²) < 4.78 is 39.0. The molecule has 4 heterocycles. The van der Waals surface area contributed by atoms with Crippen molar-refractivity contribution in [1.82, 2.24) is 19.4 Å². The average Bonchev–Trinajstić information content (AvgIpc) is 3.30. The maximum Gasteiger partial charge on any atom is 0.244 e. The van der Waals surface area contributed by atoms with Gasteiger partial charge in [-0.25, -0.2) is 27.7 Å². The summed E-state index contributed by atoms with van der Waals surface area (Å²) in [6, 6.07) is 12.3. The molecular weight excluding hydrogens is 406 g/mol. The molecule has 3 aromatic heterocycles. The molecule has 10 heteroatoms. The summed E-state index contributed by atoms with van der Waals surface area (Å²) in [6.45, 7) is 1.98. The molecule has 0 aliphatic carbocycles. The summed E-state index contributed by atoms with van der Waals surface area (Å²) in [5.74, 6) is 1.05. The van der Waals surface area contributed by atoms with Gasteiger partial charge >= 0.3 is 0 Å². The first-order chi connectivity index (χ1) is 14.4. The number of aryl methyl sites for hydroxylation is 1. The average molecular weight is 423 g/mol. The van der Waals surface area contributed by atoms with Crippen LogP contribution in [0.5, 0.6) is 11.5 Å². The Labute approximate surface area is 172 Å². The largest absolute Gasteiger partial charge is 0.454 e. The van der Waals surface area contributed by atoms with E-state index in [2.05, 4.69) is 15.0 Å². The van der Waals surface area contributed by atoms with Crippen LogP contribution in [0.4, 0.5) is 11.6 Å². The van der Waals surface area contributed by atoms with E-state index >= 15 is 0 Å². The first-order valence-electron chi connectivity index (χ1n) is 9.09. The highest BCUT2D eigenvalue weighted by Gasteiger charge is 2.26. The van der Waals surface area contributed by atoms with Crippen molar-refractivity contribution in [3.63, 3.8) is 0 Å². The molecule has 0 bridgehead atoms. The van der Waals surface area contributed by atoms with Crippen molar-refractivity contribution in [2.75, 3.05) is 17.4 Å². The highest BCUT2D eigenvalue weighted by molar-refractivity contribution is 7.92. The minimum atomic E-state index is -3.74. The molecule has 0 saturated carbocycles. The Morgan fingerprint density at radius 2 is 1.90 bits per heavy atom. The lowest BCUT2D eigenvalue weighted by atomic mass is 10.2. The second-order valence-corrected chi connectivity index (χ2v) is 8.61. The number of imidazole rings is 1. The fraction of sp³-hybridized carbons (Fsp3) is 0.150. The van der Waals surface area contributed by atoms with Gasteiger partial charge in [-0.15, -0.1) is 0 Å². The van der Waals surface area contributed by atoms with E-state index in [9.17, 15) is 8.42 Å². The van der Waals surface area contributed by atoms with Gasteiger partial charge in [-0.05, 0) is 37.3 Å². The van der Waals surface area contributed by atoms with Crippen LogP contribution in [-0.2, 0) is 10.0 Å². The lowest BCUT2D eigenvalue weighted by Crippen LogP contribution is -2.26. The van der Waals surface area contributed by atoms with Gasteiger partial charge in [-0.3, -0.25) is 4.40 Å². The van der Waals surface area contributed by atoms with E-state index in [1.54, 1.807) is 24.3 Å². The number of sulfonamides is 1. The highest BCUT2D eigenvalue weighted by Crippen LogP contribution is 2.38. The zero-order valence-corrected chi connectivity index (χ0v) is 17.0. The van der Waals surface area contributed by atoms with Crippen molar-refractivity contribution in [3.8, 4) is 22.9 Å². The summed E-state index contributed by atoms with van der Waals surface area (Å²) in [5, 5.41) is 0. The van der Waals surface area contributed by atoms with Crippen LogP contribution < -0.4 is 13.8 Å². The lowest BCUT2D eigenvalue weighted by molar-refractivity contribution is 0.174. The molecule has 1 aliphatic heterocycles. The van der Waals surface area contributed by atoms with Crippen LogP contribution in [0.2, 0.25) is 0 Å². The second kappa shape index (κ2) is 6.70. The number of pyridine rings is 1. The standard InChI is InChI=1S/C20H17N5O4S/c1-13-19(24-10-4-3-5-18(24)22-13)15-8-9-21-20(23-15)25(30(2,26)27)14-6-7-16-17(11-14)29-12-28-16/h3-11H,12H2,1-2H3. The molecule has 0 amide bonds. The predicted molar refractivity (Wildman–Crippen MR) is 111 cm³/mol. The zero-order valence-electron chi connectivity index (χ0n) is 16.2. The van der Waals surface area contributed by atoms with Crippen molar-refractivity contribution in [3.05, 3.63) is 60.6 Å². The third kappa shape index (κ3) is 3.01. The Kier molecular flexibility index (Phi) is 4.10. The molecule has 30 heavy (non-hydrogen) atoms. The summed E-state index contributed by atoms with van der Waals surface area (Å²) in [5.41, 5.74) is 3.24. The first kappa shape index (κ1) is 18.4. The summed E-state index contributed by atoms with van der Waals surface area (Å²) in [6.07, 6.45) is 4.52. The lowest BCUT2D eigenvalue weighted by Gasteiger charge is -2.21. The van der Waals surface area contributed by atoms with Gasteiger partial charge in [0.25, 0.3) is 0 Å². The topological polar surface area (TPSA) is 98.9 Å². The molecule has 0 spiro atoms. The molecule has 0 radical (unpaired) electrons. The molecule has 0 fully saturated rings. The van der Waals surface area contributed by atoms with Crippen LogP contribution in [-0.4, -0.2) is 40.8 Å². The fourth-order valence-electron chi connectivity index (χ4n) is 3.47. The van der Waals surface area contributed by atoms with E-state index in [-0.39, 0.29) is 12.7 Å². The number of nitrogens with zero attached hydrogens (tertiary/aromatic N) is 5. The minimum absolute atomic E-state index is 0.0270. The van der Waals surface area contributed by atoms with Crippen LogP contribution in [0.3, 0.4) is 0 Å². The molecule has 152 valence electrons. The van der Waals surface area contributed by atoms with E-state index < -0.39 is 10.0 Å². The van der Waals surface area contributed by atoms with Crippen molar-refractivity contribution >= 4 is 27.3 Å². The number of hydrogen-bond donors (Lipinski definition) is 0. The monoisotopic (exact) mass is 423 g/mol. The second-order valence-electron chi connectivity index (χ2n) is 6.78. The number of anilines is 2. The van der Waals surface area contributed by atoms with E-state index in [4.69, 9.17) is 9.47 Å². The van der Waals surface area contributed by atoms with Crippen LogP contribution in [0.15, 0.2) is 54.9 Å². The normalized spacial score (nSPS) is 13.0. The molecule has 9 nitrogen and oxygen atoms in total. The molecule has 4 aromatic rings. The van der Waals surface area contributed by atoms with Gasteiger partial charge in [-0.1, -0.05) is 6.07 Å². The Hall–Kier alpha value is -3.66. The van der Waals surface area contributed by atoms with Crippen LogP contribution in [0, 0.1) is 6.92 Å². The number of ether oxygens (including phenoxy) is 2. The molecule has 1 aliphatic rings. The van der Waals surface area contributed by atoms with E-state index in [0.717, 1.165) is 27.6 Å². The number of fused-ring (bicyclic) bond motifs is 2. The molecule has 0 atom stereocenters. The van der Waals surface area contributed by atoms with Crippen LogP contribution >= 0.6 is 0 Å². The van der Waals surface area contributed by atoms with Gasteiger partial charge in [0.05, 0.1) is 29.0 Å². The number of aromatic nitrogens is 4. The molecule has 0 saturated heterocycles. The van der Waals surface area contributed by atoms with Gasteiger partial charge in [-0.2, -0.15) is 0 Å². The number of hydrogen-bond acceptors (Lipinski definition) is 7. The van der Waals surface area contributed by atoms with Gasteiger partial charge < -0.3 is 9.47 Å². The molecule has 0 N–H and O–H groups in total. The van der Waals surface area contributed by atoms with Crippen molar-refractivity contribution in [1.29, 1.82) is 0 Å². The summed E-state index contributed by atoms with van der Waals surface area (Å²) in [7, 11) is -3.74. The SMILES string of the molecule is Cc1nc2ccccn2c1-c1ccnc(N(c2ccc3c(c2)OCO3)S(C)(=O)=O)n1. The molecular formula is C20H17N5O4S. The van der Waals surface area contributed by atoms with E-state index in [1.165, 1.54) is 6.20 Å². The summed E-state index contributed by atoms with van der Waals surface area (Å²) >= 11 is 0. The number of rotatable bonds is 4. The maximum absolute atomic E-state index is 12.7. The maximum atomic E-state index is 12.7. The zero-order chi connectivity index (χ0) is 20.9. The Bertz CT molecular complexity index is 1380. The van der Waals surface area contributed by atoms with Crippen LogP contribution in [0.25, 0.3) is 17.0 Å². The van der Waals surface area contributed by atoms with Crippen molar-refractivity contribution in [2.24, 2.45) is 0 Å².